The minimum absolute atomic E-state index is 0.119. The summed E-state index contributed by atoms with van der Waals surface area (Å²) in [6.45, 7) is 3.99. The molecule has 0 radical (unpaired) electrons. The second kappa shape index (κ2) is 3.95. The molecule has 0 nitrogen and oxygen atoms in total. The Hall–Kier alpha value is -1.11. The Bertz CT molecular complexity index is 331. The van der Waals surface area contributed by atoms with Crippen LogP contribution in [0.5, 0.6) is 0 Å². The van der Waals surface area contributed by atoms with Gasteiger partial charge in [-0.05, 0) is 49.3 Å². The van der Waals surface area contributed by atoms with E-state index in [0.717, 1.165) is 31.2 Å². The summed E-state index contributed by atoms with van der Waals surface area (Å²) in [6.07, 6.45) is 4.45. The minimum atomic E-state index is -0.119. The third kappa shape index (κ3) is 2.03. The Kier molecular flexibility index (Phi) is 2.67. The molecule has 0 aromatic heterocycles. The molecule has 1 aromatic rings. The van der Waals surface area contributed by atoms with Gasteiger partial charge in [0.2, 0.25) is 0 Å². The lowest BCUT2D eigenvalue weighted by Crippen LogP contribution is -2.06. The maximum atomic E-state index is 13.0. The first-order valence-corrected chi connectivity index (χ1v) is 5.18. The maximum Gasteiger partial charge on any atom is 0.123 e. The molecule has 1 heteroatoms. The van der Waals surface area contributed by atoms with Gasteiger partial charge in [-0.3, -0.25) is 0 Å². The first kappa shape index (κ1) is 9.45. The predicted molar refractivity (Wildman–Crippen MR) is 56.7 cm³/mol. The third-order valence-corrected chi connectivity index (χ3v) is 3.01. The molecular weight excluding hydrogens is 175 g/mol. The van der Waals surface area contributed by atoms with E-state index in [1.807, 2.05) is 6.07 Å². The maximum absolute atomic E-state index is 13.0. The smallest absolute Gasteiger partial charge is 0.123 e. The Morgan fingerprint density at radius 2 is 1.93 bits per heavy atom. The quantitative estimate of drug-likeness (QED) is 0.586. The van der Waals surface area contributed by atoms with Crippen molar-refractivity contribution in [3.8, 4) is 0 Å². The molecule has 1 aromatic carbocycles. The van der Waals surface area contributed by atoms with Gasteiger partial charge in [0.05, 0.1) is 0 Å². The molecule has 0 unspecified atom stereocenters. The van der Waals surface area contributed by atoms with Crippen LogP contribution < -0.4 is 0 Å². The molecule has 0 N–H and O–H groups in total. The van der Waals surface area contributed by atoms with Crippen LogP contribution in [0.25, 0.3) is 0 Å². The fourth-order valence-electron chi connectivity index (χ4n) is 2.12. The second-order valence-electron chi connectivity index (χ2n) is 4.08. The molecule has 0 bridgehead atoms. The van der Waals surface area contributed by atoms with E-state index in [9.17, 15) is 4.39 Å². The Morgan fingerprint density at radius 1 is 1.21 bits per heavy atom. The van der Waals surface area contributed by atoms with Crippen LogP contribution in [0.4, 0.5) is 4.39 Å². The van der Waals surface area contributed by atoms with Crippen molar-refractivity contribution in [3.05, 3.63) is 47.8 Å². The van der Waals surface area contributed by atoms with E-state index in [-0.39, 0.29) is 5.82 Å². The van der Waals surface area contributed by atoms with Gasteiger partial charge in [0.15, 0.2) is 0 Å². The molecule has 74 valence electrons. The lowest BCUT2D eigenvalue weighted by Gasteiger charge is -2.23. The zero-order valence-corrected chi connectivity index (χ0v) is 8.30. The highest BCUT2D eigenvalue weighted by molar-refractivity contribution is 5.22. The molecular formula is C13H15F. The standard InChI is InChI=1S/C13H15F/c1-10-5-7-11(8-6-10)12-3-2-4-13(14)9-12/h2-4,9,11H,1,5-8H2. The highest BCUT2D eigenvalue weighted by Gasteiger charge is 2.17. The summed E-state index contributed by atoms with van der Waals surface area (Å²) in [5.74, 6) is 0.420. The monoisotopic (exact) mass is 190 g/mol. The van der Waals surface area contributed by atoms with Crippen LogP contribution in [0.2, 0.25) is 0 Å². The molecule has 0 atom stereocenters. The molecule has 2 rings (SSSR count). The van der Waals surface area contributed by atoms with E-state index in [1.165, 1.54) is 11.6 Å². The Labute approximate surface area is 84.5 Å². The van der Waals surface area contributed by atoms with E-state index in [0.29, 0.717) is 5.92 Å². The van der Waals surface area contributed by atoms with Crippen molar-refractivity contribution < 1.29 is 4.39 Å². The first-order chi connectivity index (χ1) is 6.75. The van der Waals surface area contributed by atoms with Crippen LogP contribution in [-0.4, -0.2) is 0 Å². The molecule has 0 saturated heterocycles. The van der Waals surface area contributed by atoms with Crippen molar-refractivity contribution in [2.75, 3.05) is 0 Å². The van der Waals surface area contributed by atoms with Gasteiger partial charge in [0.1, 0.15) is 5.82 Å². The molecule has 1 aliphatic carbocycles. The van der Waals surface area contributed by atoms with Gasteiger partial charge in [0.25, 0.3) is 0 Å². The Balaban J connectivity index is 2.12. The van der Waals surface area contributed by atoms with Gasteiger partial charge in [-0.25, -0.2) is 4.39 Å². The van der Waals surface area contributed by atoms with Crippen LogP contribution in [0.3, 0.4) is 0 Å². The van der Waals surface area contributed by atoms with E-state index in [4.69, 9.17) is 0 Å². The van der Waals surface area contributed by atoms with Crippen molar-refractivity contribution in [2.24, 2.45) is 0 Å². The summed E-state index contributed by atoms with van der Waals surface area (Å²) in [6, 6.07) is 7.00. The third-order valence-electron chi connectivity index (χ3n) is 3.01. The lowest BCUT2D eigenvalue weighted by atomic mass is 9.82. The topological polar surface area (TPSA) is 0 Å². The predicted octanol–water partition coefficient (Wildman–Crippen LogP) is 4.04. The number of rotatable bonds is 1. The molecule has 1 fully saturated rings. The van der Waals surface area contributed by atoms with Crippen molar-refractivity contribution in [1.29, 1.82) is 0 Å². The van der Waals surface area contributed by atoms with E-state index < -0.39 is 0 Å². The molecule has 14 heavy (non-hydrogen) atoms. The second-order valence-corrected chi connectivity index (χ2v) is 4.08. The summed E-state index contributed by atoms with van der Waals surface area (Å²) in [5.41, 5.74) is 2.50. The highest BCUT2D eigenvalue weighted by atomic mass is 19.1. The zero-order chi connectivity index (χ0) is 9.97. The molecule has 1 aliphatic rings. The summed E-state index contributed by atoms with van der Waals surface area (Å²) < 4.78 is 13.0. The van der Waals surface area contributed by atoms with E-state index >= 15 is 0 Å². The largest absolute Gasteiger partial charge is 0.207 e. The number of allylic oxidation sites excluding steroid dienone is 1. The summed E-state index contributed by atoms with van der Waals surface area (Å²) in [5, 5.41) is 0. The van der Waals surface area contributed by atoms with Gasteiger partial charge in [-0.2, -0.15) is 0 Å². The average molecular weight is 190 g/mol. The molecule has 0 heterocycles. The minimum Gasteiger partial charge on any atom is -0.207 e. The van der Waals surface area contributed by atoms with Crippen LogP contribution >= 0.6 is 0 Å². The summed E-state index contributed by atoms with van der Waals surface area (Å²) >= 11 is 0. The van der Waals surface area contributed by atoms with Gasteiger partial charge in [-0.15, -0.1) is 0 Å². The molecule has 0 amide bonds. The Morgan fingerprint density at radius 3 is 2.57 bits per heavy atom. The normalized spacial score (nSPS) is 18.5. The van der Waals surface area contributed by atoms with Gasteiger partial charge >= 0.3 is 0 Å². The summed E-state index contributed by atoms with van der Waals surface area (Å²) in [7, 11) is 0. The van der Waals surface area contributed by atoms with E-state index in [1.54, 1.807) is 12.1 Å². The van der Waals surface area contributed by atoms with Crippen molar-refractivity contribution in [2.45, 2.75) is 31.6 Å². The van der Waals surface area contributed by atoms with Gasteiger partial charge in [0, 0.05) is 0 Å². The molecule has 1 saturated carbocycles. The zero-order valence-electron chi connectivity index (χ0n) is 8.30. The number of halogens is 1. The molecule has 0 aliphatic heterocycles. The number of hydrogen-bond acceptors (Lipinski definition) is 0. The fourth-order valence-corrected chi connectivity index (χ4v) is 2.12. The fraction of sp³-hybridized carbons (Fsp3) is 0.385. The van der Waals surface area contributed by atoms with Crippen LogP contribution in [0, 0.1) is 5.82 Å². The van der Waals surface area contributed by atoms with Crippen molar-refractivity contribution in [1.82, 2.24) is 0 Å². The highest BCUT2D eigenvalue weighted by Crippen LogP contribution is 2.34. The van der Waals surface area contributed by atoms with Crippen LogP contribution in [0.15, 0.2) is 36.4 Å². The number of benzene rings is 1. The van der Waals surface area contributed by atoms with Gasteiger partial charge in [-0.1, -0.05) is 24.3 Å². The lowest BCUT2D eigenvalue weighted by molar-refractivity contribution is 0.514. The van der Waals surface area contributed by atoms with E-state index in [2.05, 4.69) is 6.58 Å². The average Bonchev–Trinajstić information content (AvgIpc) is 2.19. The summed E-state index contributed by atoms with van der Waals surface area (Å²) in [4.78, 5) is 0. The van der Waals surface area contributed by atoms with Crippen LogP contribution in [-0.2, 0) is 0 Å². The van der Waals surface area contributed by atoms with Crippen molar-refractivity contribution in [3.63, 3.8) is 0 Å². The first-order valence-electron chi connectivity index (χ1n) is 5.18. The van der Waals surface area contributed by atoms with Crippen molar-refractivity contribution >= 4 is 0 Å². The van der Waals surface area contributed by atoms with Gasteiger partial charge < -0.3 is 0 Å². The van der Waals surface area contributed by atoms with Crippen LogP contribution in [0.1, 0.15) is 37.2 Å². The SMILES string of the molecule is C=C1CCC(c2cccc(F)c2)CC1. The number of hydrogen-bond donors (Lipinski definition) is 0. The molecule has 0 spiro atoms.